The Morgan fingerprint density at radius 1 is 1.33 bits per heavy atom. The highest BCUT2D eigenvalue weighted by Crippen LogP contribution is 2.30. The van der Waals surface area contributed by atoms with Crippen LogP contribution < -0.4 is 5.69 Å². The van der Waals surface area contributed by atoms with Crippen molar-refractivity contribution in [3.05, 3.63) is 21.7 Å². The molecule has 0 saturated heterocycles. The van der Waals surface area contributed by atoms with Crippen LogP contribution in [0.2, 0.25) is 0 Å². The van der Waals surface area contributed by atoms with Gasteiger partial charge in [-0.15, -0.1) is 11.8 Å². The lowest BCUT2D eigenvalue weighted by molar-refractivity contribution is 0.0594. The van der Waals surface area contributed by atoms with Gasteiger partial charge in [-0.25, -0.2) is 9.59 Å². The maximum absolute atomic E-state index is 11.9. The molecule has 0 radical (unpaired) electrons. The van der Waals surface area contributed by atoms with Gasteiger partial charge in [0.2, 0.25) is 0 Å². The largest absolute Gasteiger partial charge is 0.465 e. The monoisotopic (exact) mass is 310 g/mol. The van der Waals surface area contributed by atoms with E-state index in [4.69, 9.17) is 4.74 Å². The molecule has 0 bridgehead atoms. The lowest BCUT2D eigenvalue weighted by Gasteiger charge is -2.14. The number of carbonyl (C=O) groups excluding carboxylic acids is 1. The average Bonchev–Trinajstić information content (AvgIpc) is 2.72. The second kappa shape index (κ2) is 7.64. The summed E-state index contributed by atoms with van der Waals surface area (Å²) in [5.74, 6) is 1.10. The molecule has 1 aromatic heterocycles. The van der Waals surface area contributed by atoms with E-state index in [0.717, 1.165) is 5.75 Å². The number of aryl methyl sites for hydroxylation is 1. The quantitative estimate of drug-likeness (QED) is 0.401. The second-order valence-corrected chi connectivity index (χ2v) is 6.52. The fraction of sp³-hybridized carbons (Fsp3) is 0.667. The lowest BCUT2D eigenvalue weighted by atomic mass is 10.0. The van der Waals surface area contributed by atoms with Gasteiger partial charge >= 0.3 is 11.7 Å². The molecule has 0 aromatic carbocycles. The SMILES string of the molecule is COC(=O)c1c(SCC2CCCCCC2)nc(=O)[nH]c1C. The zero-order chi connectivity index (χ0) is 15.2. The van der Waals surface area contributed by atoms with Crippen LogP contribution in [0.25, 0.3) is 0 Å². The molecule has 1 heterocycles. The molecular weight excluding hydrogens is 288 g/mol. The third-order valence-corrected chi connectivity index (χ3v) is 5.11. The number of methoxy groups -OCH3 is 1. The number of hydrogen-bond acceptors (Lipinski definition) is 5. The number of aromatic amines is 1. The minimum atomic E-state index is -0.445. The highest BCUT2D eigenvalue weighted by molar-refractivity contribution is 7.99. The van der Waals surface area contributed by atoms with E-state index in [-0.39, 0.29) is 0 Å². The number of nitrogens with one attached hydrogen (secondary N) is 1. The van der Waals surface area contributed by atoms with Gasteiger partial charge in [0.1, 0.15) is 10.6 Å². The summed E-state index contributed by atoms with van der Waals surface area (Å²) in [6.45, 7) is 1.70. The standard InChI is InChI=1S/C15H22N2O3S/c1-10-12(14(18)20-2)13(17-15(19)16-10)21-9-11-7-5-3-4-6-8-11/h11H,3-9H2,1-2H3,(H,16,17,19). The number of hydrogen-bond donors (Lipinski definition) is 1. The average molecular weight is 310 g/mol. The molecule has 1 aliphatic rings. The molecule has 1 aromatic rings. The zero-order valence-electron chi connectivity index (χ0n) is 12.6. The number of rotatable bonds is 4. The molecule has 0 aliphatic heterocycles. The number of ether oxygens (including phenoxy) is 1. The van der Waals surface area contributed by atoms with Crippen LogP contribution in [-0.4, -0.2) is 28.8 Å². The van der Waals surface area contributed by atoms with Crippen LogP contribution >= 0.6 is 11.8 Å². The molecule has 116 valence electrons. The molecule has 5 nitrogen and oxygen atoms in total. The Morgan fingerprint density at radius 3 is 2.62 bits per heavy atom. The molecule has 1 N–H and O–H groups in total. The van der Waals surface area contributed by atoms with Gasteiger partial charge in [-0.2, -0.15) is 4.98 Å². The Kier molecular flexibility index (Phi) is 5.85. The fourth-order valence-electron chi connectivity index (χ4n) is 2.73. The van der Waals surface area contributed by atoms with Gasteiger partial charge in [0.05, 0.1) is 7.11 Å². The molecule has 6 heteroatoms. The summed E-state index contributed by atoms with van der Waals surface area (Å²) in [5.41, 5.74) is 0.490. The van der Waals surface area contributed by atoms with E-state index in [1.54, 1.807) is 6.92 Å². The predicted octanol–water partition coefficient (Wildman–Crippen LogP) is 2.93. The van der Waals surface area contributed by atoms with Crippen molar-refractivity contribution >= 4 is 17.7 Å². The van der Waals surface area contributed by atoms with Crippen molar-refractivity contribution in [3.63, 3.8) is 0 Å². The Balaban J connectivity index is 2.14. The third kappa shape index (κ3) is 4.33. The van der Waals surface area contributed by atoms with Crippen LogP contribution in [0.1, 0.15) is 54.6 Å². The van der Waals surface area contributed by atoms with Crippen LogP contribution in [0.15, 0.2) is 9.82 Å². The summed E-state index contributed by atoms with van der Waals surface area (Å²) in [7, 11) is 1.34. The molecule has 1 fully saturated rings. The highest BCUT2D eigenvalue weighted by atomic mass is 32.2. The maximum atomic E-state index is 11.9. The first-order valence-corrected chi connectivity index (χ1v) is 8.42. The summed E-state index contributed by atoms with van der Waals surface area (Å²) < 4.78 is 4.80. The van der Waals surface area contributed by atoms with Gasteiger partial charge in [-0.1, -0.05) is 25.7 Å². The van der Waals surface area contributed by atoms with E-state index < -0.39 is 11.7 Å². The number of carbonyl (C=O) groups is 1. The number of esters is 1. The van der Waals surface area contributed by atoms with E-state index in [0.29, 0.717) is 22.2 Å². The van der Waals surface area contributed by atoms with Crippen LogP contribution in [0.4, 0.5) is 0 Å². The molecule has 0 atom stereocenters. The first-order chi connectivity index (χ1) is 10.1. The van der Waals surface area contributed by atoms with Crippen LogP contribution in [0.3, 0.4) is 0 Å². The van der Waals surface area contributed by atoms with Crippen LogP contribution in [-0.2, 0) is 4.74 Å². The summed E-state index contributed by atoms with van der Waals surface area (Å²) in [6, 6.07) is 0. The van der Waals surface area contributed by atoms with Gasteiger partial charge in [-0.3, -0.25) is 0 Å². The van der Waals surface area contributed by atoms with Crippen molar-refractivity contribution in [1.29, 1.82) is 0 Å². The molecule has 2 rings (SSSR count). The molecular formula is C15H22N2O3S. The smallest absolute Gasteiger partial charge is 0.346 e. The van der Waals surface area contributed by atoms with Gasteiger partial charge in [0.15, 0.2) is 0 Å². The van der Waals surface area contributed by atoms with Gasteiger partial charge in [0.25, 0.3) is 0 Å². The van der Waals surface area contributed by atoms with Crippen LogP contribution in [0, 0.1) is 12.8 Å². The van der Waals surface area contributed by atoms with Crippen molar-refractivity contribution in [1.82, 2.24) is 9.97 Å². The molecule has 1 saturated carbocycles. The molecule has 0 spiro atoms. The van der Waals surface area contributed by atoms with Crippen molar-refractivity contribution < 1.29 is 9.53 Å². The first kappa shape index (κ1) is 16.1. The minimum absolute atomic E-state index is 0.385. The number of H-pyrrole nitrogens is 1. The number of aromatic nitrogens is 2. The Bertz CT molecular complexity index is 548. The Hall–Kier alpha value is -1.30. The minimum Gasteiger partial charge on any atom is -0.465 e. The van der Waals surface area contributed by atoms with E-state index in [1.165, 1.54) is 57.4 Å². The van der Waals surface area contributed by atoms with E-state index in [9.17, 15) is 9.59 Å². The Morgan fingerprint density at radius 2 is 2.00 bits per heavy atom. The zero-order valence-corrected chi connectivity index (χ0v) is 13.4. The lowest BCUT2D eigenvalue weighted by Crippen LogP contribution is -2.19. The number of thioether (sulfide) groups is 1. The summed E-state index contributed by atoms with van der Waals surface area (Å²) >= 11 is 1.50. The summed E-state index contributed by atoms with van der Waals surface area (Å²) in [6.07, 6.45) is 7.63. The predicted molar refractivity (Wildman–Crippen MR) is 82.9 cm³/mol. The first-order valence-electron chi connectivity index (χ1n) is 7.44. The van der Waals surface area contributed by atoms with Crippen molar-refractivity contribution in [2.45, 2.75) is 50.5 Å². The fourth-order valence-corrected chi connectivity index (χ4v) is 3.99. The molecule has 0 amide bonds. The third-order valence-electron chi connectivity index (χ3n) is 3.91. The van der Waals surface area contributed by atoms with Crippen LogP contribution in [0.5, 0.6) is 0 Å². The summed E-state index contributed by atoms with van der Waals surface area (Å²) in [4.78, 5) is 29.9. The van der Waals surface area contributed by atoms with Gasteiger partial charge in [0, 0.05) is 11.4 Å². The molecule has 21 heavy (non-hydrogen) atoms. The van der Waals surface area contributed by atoms with E-state index >= 15 is 0 Å². The van der Waals surface area contributed by atoms with E-state index in [2.05, 4.69) is 9.97 Å². The van der Waals surface area contributed by atoms with Crippen molar-refractivity contribution in [2.75, 3.05) is 12.9 Å². The molecule has 1 aliphatic carbocycles. The Labute approximate surface area is 128 Å². The highest BCUT2D eigenvalue weighted by Gasteiger charge is 2.20. The van der Waals surface area contributed by atoms with Gasteiger partial charge in [-0.05, 0) is 25.7 Å². The normalized spacial score (nSPS) is 16.5. The maximum Gasteiger partial charge on any atom is 0.346 e. The second-order valence-electron chi connectivity index (χ2n) is 5.51. The molecule has 0 unspecified atom stereocenters. The van der Waals surface area contributed by atoms with Gasteiger partial charge < -0.3 is 9.72 Å². The van der Waals surface area contributed by atoms with Crippen molar-refractivity contribution in [3.8, 4) is 0 Å². The van der Waals surface area contributed by atoms with Crippen molar-refractivity contribution in [2.24, 2.45) is 5.92 Å². The number of nitrogens with zero attached hydrogens (tertiary/aromatic N) is 1. The topological polar surface area (TPSA) is 72.0 Å². The summed E-state index contributed by atoms with van der Waals surface area (Å²) in [5, 5.41) is 0.493. The van der Waals surface area contributed by atoms with E-state index in [1.807, 2.05) is 0 Å².